The number of amides is 2. The Morgan fingerprint density at radius 3 is 2.57 bits per heavy atom. The van der Waals surface area contributed by atoms with E-state index < -0.39 is 23.6 Å². The molecular formula is C13H15BrF2N2O3. The van der Waals surface area contributed by atoms with E-state index in [4.69, 9.17) is 5.11 Å². The van der Waals surface area contributed by atoms with Gasteiger partial charge in [0.2, 0.25) is 0 Å². The molecule has 8 heteroatoms. The van der Waals surface area contributed by atoms with Crippen molar-refractivity contribution in [3.63, 3.8) is 0 Å². The van der Waals surface area contributed by atoms with Gasteiger partial charge < -0.3 is 15.7 Å². The summed E-state index contributed by atoms with van der Waals surface area (Å²) in [5.41, 5.74) is -0.180. The third-order valence-electron chi connectivity index (χ3n) is 2.84. The Labute approximate surface area is 128 Å². The van der Waals surface area contributed by atoms with Crippen molar-refractivity contribution in [1.29, 1.82) is 0 Å². The molecule has 0 aliphatic carbocycles. The molecule has 116 valence electrons. The fraction of sp³-hybridized carbons (Fsp3) is 0.385. The SMILES string of the molecule is CCC(CNC(=O)Nc1c(F)cc(F)cc1Br)CC(=O)O. The molecule has 1 aromatic rings. The van der Waals surface area contributed by atoms with Crippen LogP contribution in [0.3, 0.4) is 0 Å². The summed E-state index contributed by atoms with van der Waals surface area (Å²) >= 11 is 2.95. The van der Waals surface area contributed by atoms with E-state index in [0.29, 0.717) is 12.5 Å². The fourth-order valence-corrected chi connectivity index (χ4v) is 2.17. The van der Waals surface area contributed by atoms with Crippen molar-refractivity contribution in [3.05, 3.63) is 28.2 Å². The van der Waals surface area contributed by atoms with Gasteiger partial charge in [-0.3, -0.25) is 4.79 Å². The Bertz CT molecular complexity index is 517. The standard InChI is InChI=1S/C13H15BrF2N2O3/c1-2-7(3-11(19)20)6-17-13(21)18-12-9(14)4-8(15)5-10(12)16/h4-5,7H,2-3,6H2,1H3,(H,19,20)(H2,17,18,21). The maximum atomic E-state index is 13.5. The van der Waals surface area contributed by atoms with Crippen LogP contribution in [0.4, 0.5) is 19.3 Å². The molecule has 5 nitrogen and oxygen atoms in total. The molecule has 1 atom stereocenters. The third kappa shape index (κ3) is 5.66. The summed E-state index contributed by atoms with van der Waals surface area (Å²) in [6.07, 6.45) is 0.520. The van der Waals surface area contributed by atoms with Gasteiger partial charge in [-0.15, -0.1) is 0 Å². The second-order valence-corrected chi connectivity index (χ2v) is 5.31. The quantitative estimate of drug-likeness (QED) is 0.724. The van der Waals surface area contributed by atoms with Gasteiger partial charge in [-0.2, -0.15) is 0 Å². The molecule has 21 heavy (non-hydrogen) atoms. The molecule has 0 heterocycles. The van der Waals surface area contributed by atoms with Crippen molar-refractivity contribution in [1.82, 2.24) is 5.32 Å². The molecule has 0 radical (unpaired) electrons. The smallest absolute Gasteiger partial charge is 0.319 e. The van der Waals surface area contributed by atoms with Gasteiger partial charge in [-0.05, 0) is 27.9 Å². The number of benzene rings is 1. The topological polar surface area (TPSA) is 78.4 Å². The van der Waals surface area contributed by atoms with Crippen LogP contribution in [0.5, 0.6) is 0 Å². The van der Waals surface area contributed by atoms with E-state index in [1.165, 1.54) is 0 Å². The Kier molecular flexibility index (Phi) is 6.54. The first-order valence-electron chi connectivity index (χ1n) is 6.24. The van der Waals surface area contributed by atoms with Gasteiger partial charge in [0.15, 0.2) is 5.82 Å². The molecule has 3 N–H and O–H groups in total. The summed E-state index contributed by atoms with van der Waals surface area (Å²) in [6, 6.07) is 0.988. The molecule has 1 rings (SSSR count). The van der Waals surface area contributed by atoms with Crippen LogP contribution in [-0.4, -0.2) is 23.7 Å². The molecule has 0 aliphatic heterocycles. The Morgan fingerprint density at radius 2 is 2.05 bits per heavy atom. The zero-order valence-electron chi connectivity index (χ0n) is 11.3. The van der Waals surface area contributed by atoms with Crippen LogP contribution >= 0.6 is 15.9 Å². The first kappa shape index (κ1) is 17.4. The number of hydrogen-bond donors (Lipinski definition) is 3. The number of halogens is 3. The van der Waals surface area contributed by atoms with Gasteiger partial charge in [0.25, 0.3) is 0 Å². The average molecular weight is 365 g/mol. The predicted molar refractivity (Wildman–Crippen MR) is 77.1 cm³/mol. The van der Waals surface area contributed by atoms with E-state index in [0.717, 1.165) is 6.07 Å². The van der Waals surface area contributed by atoms with Crippen LogP contribution in [-0.2, 0) is 4.79 Å². The zero-order valence-corrected chi connectivity index (χ0v) is 12.8. The van der Waals surface area contributed by atoms with E-state index >= 15 is 0 Å². The van der Waals surface area contributed by atoms with Crippen LogP contribution in [0, 0.1) is 17.6 Å². The van der Waals surface area contributed by atoms with Crippen molar-refractivity contribution in [2.45, 2.75) is 19.8 Å². The van der Waals surface area contributed by atoms with E-state index in [9.17, 15) is 18.4 Å². The summed E-state index contributed by atoms with van der Waals surface area (Å²) in [5, 5.41) is 13.4. The highest BCUT2D eigenvalue weighted by Gasteiger charge is 2.15. The summed E-state index contributed by atoms with van der Waals surface area (Å²) in [7, 11) is 0. The monoisotopic (exact) mass is 364 g/mol. The molecule has 0 saturated heterocycles. The number of aliphatic carboxylic acids is 1. The fourth-order valence-electron chi connectivity index (χ4n) is 1.66. The number of anilines is 1. The number of rotatable bonds is 6. The summed E-state index contributed by atoms with van der Waals surface area (Å²) < 4.78 is 26.5. The predicted octanol–water partition coefficient (Wildman–Crippen LogP) is 3.35. The van der Waals surface area contributed by atoms with Crippen LogP contribution in [0.15, 0.2) is 16.6 Å². The molecule has 0 aromatic heterocycles. The van der Waals surface area contributed by atoms with Gasteiger partial charge in [0.1, 0.15) is 5.82 Å². The van der Waals surface area contributed by atoms with Gasteiger partial charge in [0.05, 0.1) is 5.69 Å². The maximum absolute atomic E-state index is 13.5. The number of carbonyl (C=O) groups is 2. The molecule has 0 bridgehead atoms. The number of hydrogen-bond acceptors (Lipinski definition) is 2. The highest BCUT2D eigenvalue weighted by atomic mass is 79.9. The van der Waals surface area contributed by atoms with E-state index in [-0.39, 0.29) is 29.0 Å². The van der Waals surface area contributed by atoms with Gasteiger partial charge >= 0.3 is 12.0 Å². The molecule has 2 amide bonds. The molecule has 0 fully saturated rings. The summed E-state index contributed by atoms with van der Waals surface area (Å²) in [4.78, 5) is 22.3. The van der Waals surface area contributed by atoms with Crippen LogP contribution in [0.2, 0.25) is 0 Å². The van der Waals surface area contributed by atoms with Crippen molar-refractivity contribution in [3.8, 4) is 0 Å². The molecule has 1 aromatic carbocycles. The minimum atomic E-state index is -0.948. The van der Waals surface area contributed by atoms with Crippen molar-refractivity contribution in [2.75, 3.05) is 11.9 Å². The molecule has 0 spiro atoms. The maximum Gasteiger partial charge on any atom is 0.319 e. The summed E-state index contributed by atoms with van der Waals surface area (Å²) in [6.45, 7) is 1.96. The number of carbonyl (C=O) groups excluding carboxylic acids is 1. The lowest BCUT2D eigenvalue weighted by atomic mass is 10.0. The number of carboxylic acids is 1. The number of urea groups is 1. The molecule has 1 unspecified atom stereocenters. The van der Waals surface area contributed by atoms with Crippen LogP contribution in [0.25, 0.3) is 0 Å². The van der Waals surface area contributed by atoms with Crippen molar-refractivity contribution in [2.24, 2.45) is 5.92 Å². The second-order valence-electron chi connectivity index (χ2n) is 4.45. The van der Waals surface area contributed by atoms with Gasteiger partial charge in [0, 0.05) is 23.5 Å². The van der Waals surface area contributed by atoms with Crippen LogP contribution < -0.4 is 10.6 Å². The van der Waals surface area contributed by atoms with E-state index in [2.05, 4.69) is 26.6 Å². The Balaban J connectivity index is 2.60. The van der Waals surface area contributed by atoms with Gasteiger partial charge in [-0.25, -0.2) is 13.6 Å². The zero-order chi connectivity index (χ0) is 16.0. The van der Waals surface area contributed by atoms with Gasteiger partial charge in [-0.1, -0.05) is 13.3 Å². The molecule has 0 saturated carbocycles. The van der Waals surface area contributed by atoms with E-state index in [1.54, 1.807) is 0 Å². The summed E-state index contributed by atoms with van der Waals surface area (Å²) in [5.74, 6) is -2.83. The lowest BCUT2D eigenvalue weighted by Crippen LogP contribution is -2.34. The Morgan fingerprint density at radius 1 is 1.38 bits per heavy atom. The number of nitrogens with one attached hydrogen (secondary N) is 2. The second kappa shape index (κ2) is 7.92. The lowest BCUT2D eigenvalue weighted by molar-refractivity contribution is -0.138. The first-order valence-corrected chi connectivity index (χ1v) is 7.04. The largest absolute Gasteiger partial charge is 0.481 e. The third-order valence-corrected chi connectivity index (χ3v) is 3.46. The van der Waals surface area contributed by atoms with Crippen molar-refractivity contribution < 1.29 is 23.5 Å². The normalized spacial score (nSPS) is 11.8. The van der Waals surface area contributed by atoms with Crippen LogP contribution in [0.1, 0.15) is 19.8 Å². The van der Waals surface area contributed by atoms with Crippen molar-refractivity contribution >= 4 is 33.6 Å². The molecular weight excluding hydrogens is 350 g/mol. The highest BCUT2D eigenvalue weighted by molar-refractivity contribution is 9.10. The minimum Gasteiger partial charge on any atom is -0.481 e. The Hall–Kier alpha value is -1.70. The van der Waals surface area contributed by atoms with E-state index in [1.807, 2.05) is 6.92 Å². The highest BCUT2D eigenvalue weighted by Crippen LogP contribution is 2.26. The minimum absolute atomic E-state index is 0.0641. The first-order chi connectivity index (χ1) is 9.83. The average Bonchev–Trinajstić information content (AvgIpc) is 2.38. The lowest BCUT2D eigenvalue weighted by Gasteiger charge is -2.14. The number of carboxylic acid groups (broad SMARTS) is 1. The molecule has 0 aliphatic rings.